The zero-order valence-electron chi connectivity index (χ0n) is 11.1. The van der Waals surface area contributed by atoms with Gasteiger partial charge in [-0.2, -0.15) is 0 Å². The highest BCUT2D eigenvalue weighted by molar-refractivity contribution is 7.98. The average molecular weight is 297 g/mol. The van der Waals surface area contributed by atoms with E-state index in [4.69, 9.17) is 0 Å². The fraction of sp³-hybridized carbons (Fsp3) is 0.0625. The van der Waals surface area contributed by atoms with Gasteiger partial charge < -0.3 is 0 Å². The molecule has 0 aliphatic heterocycles. The molecule has 21 heavy (non-hydrogen) atoms. The van der Waals surface area contributed by atoms with E-state index in [0.717, 1.165) is 16.3 Å². The number of nitrogens with zero attached hydrogens (tertiary/aromatic N) is 3. The second-order valence-corrected chi connectivity index (χ2v) is 5.37. The highest BCUT2D eigenvalue weighted by Crippen LogP contribution is 2.23. The summed E-state index contributed by atoms with van der Waals surface area (Å²) < 4.78 is 13.5. The summed E-state index contributed by atoms with van der Waals surface area (Å²) >= 11 is 1.47. The number of benzene rings is 1. The first kappa shape index (κ1) is 13.7. The Hall–Kier alpha value is -2.27. The van der Waals surface area contributed by atoms with Crippen LogP contribution in [0.2, 0.25) is 0 Å². The van der Waals surface area contributed by atoms with Gasteiger partial charge in [0, 0.05) is 23.7 Å². The Morgan fingerprint density at radius 1 is 0.905 bits per heavy atom. The van der Waals surface area contributed by atoms with E-state index in [1.54, 1.807) is 24.5 Å². The molecule has 3 nitrogen and oxygen atoms in total. The smallest absolute Gasteiger partial charge is 0.127 e. The molecule has 0 unspecified atom stereocenters. The van der Waals surface area contributed by atoms with E-state index in [1.165, 1.54) is 17.8 Å². The molecule has 2 aromatic heterocycles. The number of hydrogen-bond acceptors (Lipinski definition) is 4. The van der Waals surface area contributed by atoms with Gasteiger partial charge in [-0.15, -0.1) is 10.2 Å². The fourth-order valence-corrected chi connectivity index (χ4v) is 2.64. The predicted molar refractivity (Wildman–Crippen MR) is 81.2 cm³/mol. The van der Waals surface area contributed by atoms with Gasteiger partial charge in [0.15, 0.2) is 0 Å². The maximum absolute atomic E-state index is 13.5. The first-order chi connectivity index (χ1) is 10.3. The summed E-state index contributed by atoms with van der Waals surface area (Å²) in [5.74, 6) is 0.349. The third-order valence-electron chi connectivity index (χ3n) is 2.95. The standard InChI is InChI=1S/C16H12FN3S/c17-14-4-2-1-3-13(14)11-21-16-6-5-15(19-20-16)12-7-9-18-10-8-12/h1-10H,11H2. The quantitative estimate of drug-likeness (QED) is 0.683. The summed E-state index contributed by atoms with van der Waals surface area (Å²) in [4.78, 5) is 3.97. The van der Waals surface area contributed by atoms with Crippen molar-refractivity contribution in [1.29, 1.82) is 0 Å². The minimum Gasteiger partial charge on any atom is -0.265 e. The molecule has 5 heteroatoms. The molecule has 3 rings (SSSR count). The van der Waals surface area contributed by atoms with Crippen molar-refractivity contribution >= 4 is 11.8 Å². The van der Waals surface area contributed by atoms with Crippen molar-refractivity contribution in [2.75, 3.05) is 0 Å². The molecule has 0 bridgehead atoms. The van der Waals surface area contributed by atoms with Crippen LogP contribution in [0.5, 0.6) is 0 Å². The Morgan fingerprint density at radius 3 is 2.43 bits per heavy atom. The van der Waals surface area contributed by atoms with Crippen LogP contribution in [0.3, 0.4) is 0 Å². The van der Waals surface area contributed by atoms with Gasteiger partial charge in [0.1, 0.15) is 10.8 Å². The molecule has 0 fully saturated rings. The van der Waals surface area contributed by atoms with E-state index < -0.39 is 0 Å². The third-order valence-corrected chi connectivity index (χ3v) is 3.92. The van der Waals surface area contributed by atoms with Crippen LogP contribution in [0.15, 0.2) is 66.0 Å². The number of halogens is 1. The topological polar surface area (TPSA) is 38.7 Å². The van der Waals surface area contributed by atoms with Gasteiger partial charge in [0.05, 0.1) is 5.69 Å². The lowest BCUT2D eigenvalue weighted by atomic mass is 10.2. The van der Waals surface area contributed by atoms with Crippen LogP contribution in [-0.4, -0.2) is 15.2 Å². The second kappa shape index (κ2) is 6.45. The molecular formula is C16H12FN3S. The van der Waals surface area contributed by atoms with Crippen LogP contribution >= 0.6 is 11.8 Å². The monoisotopic (exact) mass is 297 g/mol. The molecule has 0 N–H and O–H groups in total. The van der Waals surface area contributed by atoms with Crippen molar-refractivity contribution in [3.63, 3.8) is 0 Å². The van der Waals surface area contributed by atoms with Crippen LogP contribution in [-0.2, 0) is 5.75 Å². The summed E-state index contributed by atoms with van der Waals surface area (Å²) in [6.07, 6.45) is 3.44. The lowest BCUT2D eigenvalue weighted by Gasteiger charge is -2.03. The van der Waals surface area contributed by atoms with Crippen LogP contribution in [0, 0.1) is 5.82 Å². The van der Waals surface area contributed by atoms with Gasteiger partial charge in [-0.05, 0) is 35.9 Å². The average Bonchev–Trinajstić information content (AvgIpc) is 2.55. The zero-order chi connectivity index (χ0) is 14.5. The molecule has 0 spiro atoms. The van der Waals surface area contributed by atoms with Crippen LogP contribution in [0.1, 0.15) is 5.56 Å². The zero-order valence-corrected chi connectivity index (χ0v) is 11.9. The maximum Gasteiger partial charge on any atom is 0.127 e. The van der Waals surface area contributed by atoms with Crippen molar-refractivity contribution in [1.82, 2.24) is 15.2 Å². The fourth-order valence-electron chi connectivity index (χ4n) is 1.84. The lowest BCUT2D eigenvalue weighted by molar-refractivity contribution is 0.617. The van der Waals surface area contributed by atoms with Crippen molar-refractivity contribution in [3.8, 4) is 11.3 Å². The van der Waals surface area contributed by atoms with Gasteiger partial charge >= 0.3 is 0 Å². The van der Waals surface area contributed by atoms with Gasteiger partial charge in [0.2, 0.25) is 0 Å². The molecule has 0 saturated heterocycles. The first-order valence-corrected chi connectivity index (χ1v) is 7.42. The third kappa shape index (κ3) is 3.44. The Balaban J connectivity index is 1.69. The van der Waals surface area contributed by atoms with Crippen LogP contribution in [0.4, 0.5) is 4.39 Å². The lowest BCUT2D eigenvalue weighted by Crippen LogP contribution is -1.91. The molecule has 1 aromatic carbocycles. The SMILES string of the molecule is Fc1ccccc1CSc1ccc(-c2ccncc2)nn1. The second-order valence-electron chi connectivity index (χ2n) is 4.37. The number of pyridine rings is 1. The highest BCUT2D eigenvalue weighted by atomic mass is 32.2. The maximum atomic E-state index is 13.5. The predicted octanol–water partition coefficient (Wildman–Crippen LogP) is 3.97. The summed E-state index contributed by atoms with van der Waals surface area (Å²) in [5, 5.41) is 9.14. The molecular weight excluding hydrogens is 285 g/mol. The van der Waals surface area contributed by atoms with Gasteiger partial charge in [-0.25, -0.2) is 4.39 Å². The summed E-state index contributed by atoms with van der Waals surface area (Å²) in [6.45, 7) is 0. The summed E-state index contributed by atoms with van der Waals surface area (Å²) in [5.41, 5.74) is 2.44. The van der Waals surface area contributed by atoms with E-state index in [0.29, 0.717) is 11.3 Å². The van der Waals surface area contributed by atoms with E-state index in [2.05, 4.69) is 15.2 Å². The van der Waals surface area contributed by atoms with Crippen LogP contribution < -0.4 is 0 Å². The summed E-state index contributed by atoms with van der Waals surface area (Å²) in [7, 11) is 0. The van der Waals surface area contributed by atoms with Gasteiger partial charge in [-0.3, -0.25) is 4.98 Å². The molecule has 0 radical (unpaired) electrons. The van der Waals surface area contributed by atoms with Gasteiger partial charge in [0.25, 0.3) is 0 Å². The van der Waals surface area contributed by atoms with Crippen molar-refractivity contribution in [2.45, 2.75) is 10.8 Å². The van der Waals surface area contributed by atoms with Crippen LogP contribution in [0.25, 0.3) is 11.3 Å². The normalized spacial score (nSPS) is 10.5. The molecule has 0 saturated carbocycles. The molecule has 3 aromatic rings. The first-order valence-electron chi connectivity index (χ1n) is 6.43. The molecule has 0 aliphatic rings. The number of thioether (sulfide) groups is 1. The Morgan fingerprint density at radius 2 is 1.71 bits per heavy atom. The number of hydrogen-bond donors (Lipinski definition) is 0. The van der Waals surface area contributed by atoms with E-state index in [-0.39, 0.29) is 5.82 Å². The summed E-state index contributed by atoms with van der Waals surface area (Å²) in [6, 6.07) is 14.3. The number of rotatable bonds is 4. The Bertz CT molecular complexity index is 717. The molecule has 0 amide bonds. The largest absolute Gasteiger partial charge is 0.265 e. The highest BCUT2D eigenvalue weighted by Gasteiger charge is 2.04. The van der Waals surface area contributed by atoms with Gasteiger partial charge in [-0.1, -0.05) is 30.0 Å². The van der Waals surface area contributed by atoms with E-state index in [9.17, 15) is 4.39 Å². The van der Waals surface area contributed by atoms with Crippen molar-refractivity contribution in [3.05, 3.63) is 72.3 Å². The number of aromatic nitrogens is 3. The van der Waals surface area contributed by atoms with Crippen molar-refractivity contribution < 1.29 is 4.39 Å². The van der Waals surface area contributed by atoms with E-state index in [1.807, 2.05) is 30.3 Å². The molecule has 104 valence electrons. The van der Waals surface area contributed by atoms with E-state index >= 15 is 0 Å². The molecule has 2 heterocycles. The Kier molecular flexibility index (Phi) is 4.21. The molecule has 0 aliphatic carbocycles. The Labute approximate surface area is 126 Å². The minimum absolute atomic E-state index is 0.189. The van der Waals surface area contributed by atoms with Crippen molar-refractivity contribution in [2.24, 2.45) is 0 Å². The minimum atomic E-state index is -0.189. The molecule has 0 atom stereocenters.